The van der Waals surface area contributed by atoms with Gasteiger partial charge in [-0.3, -0.25) is 9.59 Å². The molecule has 1 amide bonds. The highest BCUT2D eigenvalue weighted by Gasteiger charge is 2.53. The first-order valence-electron chi connectivity index (χ1n) is 8.35. The molecule has 4 heteroatoms. The van der Waals surface area contributed by atoms with Crippen LogP contribution in [-0.2, 0) is 9.59 Å². The molecule has 0 heterocycles. The molecule has 3 aliphatic rings. The third kappa shape index (κ3) is 2.99. The Morgan fingerprint density at radius 2 is 1.95 bits per heavy atom. The van der Waals surface area contributed by atoms with Gasteiger partial charge in [0.25, 0.3) is 0 Å². The number of nitrogens with one attached hydrogen (secondary N) is 1. The van der Waals surface area contributed by atoms with Crippen LogP contribution in [0.25, 0.3) is 0 Å². The summed E-state index contributed by atoms with van der Waals surface area (Å²) in [5.74, 6) is -1.02. The number of carboxylic acid groups (broad SMARTS) is 1. The van der Waals surface area contributed by atoms with E-state index in [0.29, 0.717) is 12.5 Å². The molecule has 3 rings (SSSR count). The molecule has 0 aliphatic heterocycles. The molecule has 3 aliphatic carbocycles. The first kappa shape index (κ1) is 14.6. The van der Waals surface area contributed by atoms with Crippen molar-refractivity contribution in [3.63, 3.8) is 0 Å². The average molecular weight is 291 g/mol. The lowest BCUT2D eigenvalue weighted by molar-refractivity contribution is -0.149. The molecule has 2 N–H and O–H groups in total. The number of aliphatic carboxylic acids is 1. The maximum absolute atomic E-state index is 12.4. The number of rotatable bonds is 5. The standard InChI is InChI=1S/C17H25NO3/c19-16(18-9-8-11-4-2-1-3-5-11)14-12-6-7-13(10-12)15(14)17(20)21/h4,12-15H,1-3,5-10H2,(H,18,19)(H,20,21)/t12-,13+,14-,15+/m1/s1. The van der Waals surface area contributed by atoms with Crippen LogP contribution in [0.5, 0.6) is 0 Å². The second-order valence-corrected chi connectivity index (χ2v) is 6.87. The molecule has 0 aromatic heterocycles. The molecule has 0 radical (unpaired) electrons. The number of fused-ring (bicyclic) bond motifs is 2. The summed E-state index contributed by atoms with van der Waals surface area (Å²) >= 11 is 0. The molecule has 4 nitrogen and oxygen atoms in total. The predicted octanol–water partition coefficient (Wildman–Crippen LogP) is 2.74. The molecule has 0 aromatic rings. The van der Waals surface area contributed by atoms with Crippen molar-refractivity contribution in [1.29, 1.82) is 0 Å². The normalized spacial score (nSPS) is 34.6. The molecule has 4 atom stereocenters. The van der Waals surface area contributed by atoms with Gasteiger partial charge in [-0.1, -0.05) is 11.6 Å². The van der Waals surface area contributed by atoms with E-state index in [0.717, 1.165) is 38.5 Å². The average Bonchev–Trinajstić information content (AvgIpc) is 3.08. The molecular formula is C17H25NO3. The molecule has 0 spiro atoms. The number of carboxylic acids is 1. The van der Waals surface area contributed by atoms with Crippen molar-refractivity contribution in [3.8, 4) is 0 Å². The van der Waals surface area contributed by atoms with Gasteiger partial charge in [-0.15, -0.1) is 0 Å². The van der Waals surface area contributed by atoms with Crippen molar-refractivity contribution in [2.75, 3.05) is 6.54 Å². The van der Waals surface area contributed by atoms with Crippen LogP contribution < -0.4 is 5.32 Å². The zero-order valence-corrected chi connectivity index (χ0v) is 12.5. The molecular weight excluding hydrogens is 266 g/mol. The van der Waals surface area contributed by atoms with Gasteiger partial charge < -0.3 is 10.4 Å². The topological polar surface area (TPSA) is 66.4 Å². The van der Waals surface area contributed by atoms with Crippen molar-refractivity contribution < 1.29 is 14.7 Å². The highest BCUT2D eigenvalue weighted by atomic mass is 16.4. The molecule has 2 saturated carbocycles. The Morgan fingerprint density at radius 3 is 2.62 bits per heavy atom. The number of hydrogen-bond donors (Lipinski definition) is 2. The molecule has 2 bridgehead atoms. The van der Waals surface area contributed by atoms with Crippen molar-refractivity contribution in [3.05, 3.63) is 11.6 Å². The summed E-state index contributed by atoms with van der Waals surface area (Å²) in [6, 6.07) is 0. The fourth-order valence-corrected chi connectivity index (χ4v) is 4.62. The fourth-order valence-electron chi connectivity index (χ4n) is 4.62. The van der Waals surface area contributed by atoms with Crippen LogP contribution >= 0.6 is 0 Å². The zero-order valence-electron chi connectivity index (χ0n) is 12.5. The zero-order chi connectivity index (χ0) is 14.8. The van der Waals surface area contributed by atoms with Gasteiger partial charge in [0.15, 0.2) is 0 Å². The van der Waals surface area contributed by atoms with E-state index in [-0.39, 0.29) is 17.7 Å². The fraction of sp³-hybridized carbons (Fsp3) is 0.765. The van der Waals surface area contributed by atoms with E-state index >= 15 is 0 Å². The van der Waals surface area contributed by atoms with Crippen LogP contribution in [0.15, 0.2) is 11.6 Å². The number of hydrogen-bond acceptors (Lipinski definition) is 2. The lowest BCUT2D eigenvalue weighted by Crippen LogP contribution is -2.41. The Balaban J connectivity index is 1.52. The minimum absolute atomic E-state index is 0.0222. The molecule has 116 valence electrons. The smallest absolute Gasteiger partial charge is 0.307 e. The van der Waals surface area contributed by atoms with E-state index in [2.05, 4.69) is 11.4 Å². The highest BCUT2D eigenvalue weighted by molar-refractivity contribution is 5.86. The van der Waals surface area contributed by atoms with Gasteiger partial charge >= 0.3 is 5.97 Å². The quantitative estimate of drug-likeness (QED) is 0.765. The number of carbonyl (C=O) groups is 2. The van der Waals surface area contributed by atoms with Crippen molar-refractivity contribution >= 4 is 11.9 Å². The summed E-state index contributed by atoms with van der Waals surface area (Å²) in [6.45, 7) is 0.658. The summed E-state index contributed by atoms with van der Waals surface area (Å²) in [5, 5.41) is 12.4. The first-order chi connectivity index (χ1) is 10.2. The second kappa shape index (κ2) is 6.20. The van der Waals surface area contributed by atoms with Gasteiger partial charge in [0.2, 0.25) is 5.91 Å². The molecule has 0 saturated heterocycles. The highest BCUT2D eigenvalue weighted by Crippen LogP contribution is 2.52. The first-order valence-corrected chi connectivity index (χ1v) is 8.35. The van der Waals surface area contributed by atoms with Crippen LogP contribution in [0.4, 0.5) is 0 Å². The summed E-state index contributed by atoms with van der Waals surface area (Å²) in [5.41, 5.74) is 1.45. The lowest BCUT2D eigenvalue weighted by atomic mass is 9.78. The van der Waals surface area contributed by atoms with E-state index in [1.54, 1.807) is 0 Å². The Kier molecular flexibility index (Phi) is 4.32. The molecule has 21 heavy (non-hydrogen) atoms. The van der Waals surface area contributed by atoms with Gasteiger partial charge in [-0.2, -0.15) is 0 Å². The molecule has 0 unspecified atom stereocenters. The molecule has 2 fully saturated rings. The largest absolute Gasteiger partial charge is 0.481 e. The Bertz CT molecular complexity index is 457. The summed E-state index contributed by atoms with van der Waals surface area (Å²) in [6.07, 6.45) is 11.0. The van der Waals surface area contributed by atoms with Crippen molar-refractivity contribution in [1.82, 2.24) is 5.32 Å². The second-order valence-electron chi connectivity index (χ2n) is 6.87. The Hall–Kier alpha value is -1.32. The Labute approximate surface area is 126 Å². The van der Waals surface area contributed by atoms with E-state index in [9.17, 15) is 14.7 Å². The van der Waals surface area contributed by atoms with E-state index in [1.165, 1.54) is 18.4 Å². The Morgan fingerprint density at radius 1 is 1.19 bits per heavy atom. The van der Waals surface area contributed by atoms with Crippen LogP contribution in [0.2, 0.25) is 0 Å². The van der Waals surface area contributed by atoms with E-state index in [1.807, 2.05) is 0 Å². The van der Waals surface area contributed by atoms with E-state index < -0.39 is 11.9 Å². The maximum Gasteiger partial charge on any atom is 0.307 e. The minimum atomic E-state index is -0.780. The maximum atomic E-state index is 12.4. The summed E-state index contributed by atoms with van der Waals surface area (Å²) in [7, 11) is 0. The van der Waals surface area contributed by atoms with Crippen LogP contribution in [0.1, 0.15) is 51.4 Å². The number of carbonyl (C=O) groups excluding carboxylic acids is 1. The van der Waals surface area contributed by atoms with Crippen LogP contribution in [0, 0.1) is 23.7 Å². The summed E-state index contributed by atoms with van der Waals surface area (Å²) < 4.78 is 0. The van der Waals surface area contributed by atoms with Gasteiger partial charge in [0.05, 0.1) is 11.8 Å². The summed E-state index contributed by atoms with van der Waals surface area (Å²) in [4.78, 5) is 23.8. The monoisotopic (exact) mass is 291 g/mol. The van der Waals surface area contributed by atoms with Crippen molar-refractivity contribution in [2.24, 2.45) is 23.7 Å². The van der Waals surface area contributed by atoms with E-state index in [4.69, 9.17) is 0 Å². The minimum Gasteiger partial charge on any atom is -0.481 e. The van der Waals surface area contributed by atoms with Crippen LogP contribution in [-0.4, -0.2) is 23.5 Å². The van der Waals surface area contributed by atoms with Crippen LogP contribution in [0.3, 0.4) is 0 Å². The van der Waals surface area contributed by atoms with Crippen molar-refractivity contribution in [2.45, 2.75) is 51.4 Å². The predicted molar refractivity (Wildman–Crippen MR) is 79.6 cm³/mol. The van der Waals surface area contributed by atoms with Gasteiger partial charge in [-0.25, -0.2) is 0 Å². The molecule has 0 aromatic carbocycles. The SMILES string of the molecule is O=C(NCCC1=CCCCC1)[C@@H]1[C@@H]2CC[C@@H](C2)[C@@H]1C(=O)O. The lowest BCUT2D eigenvalue weighted by Gasteiger charge is -2.27. The number of amides is 1. The van der Waals surface area contributed by atoms with Gasteiger partial charge in [0.1, 0.15) is 0 Å². The van der Waals surface area contributed by atoms with Gasteiger partial charge in [-0.05, 0) is 63.2 Å². The van der Waals surface area contributed by atoms with Gasteiger partial charge in [0, 0.05) is 6.54 Å². The third-order valence-corrected chi connectivity index (χ3v) is 5.63. The number of allylic oxidation sites excluding steroid dienone is 1. The third-order valence-electron chi connectivity index (χ3n) is 5.63.